The van der Waals surface area contributed by atoms with E-state index in [1.165, 1.54) is 41.5 Å². The van der Waals surface area contributed by atoms with Gasteiger partial charge < -0.3 is 16.4 Å². The van der Waals surface area contributed by atoms with Crippen LogP contribution in [-0.4, -0.2) is 23.7 Å². The first-order chi connectivity index (χ1) is 14.6. The Kier molecular flexibility index (Phi) is 8.37. The molecule has 30 heavy (non-hydrogen) atoms. The third kappa shape index (κ3) is 6.90. The van der Waals surface area contributed by atoms with E-state index in [-0.39, 0.29) is 0 Å². The van der Waals surface area contributed by atoms with E-state index in [0.717, 1.165) is 22.9 Å². The summed E-state index contributed by atoms with van der Waals surface area (Å²) in [6.45, 7) is 6.30. The van der Waals surface area contributed by atoms with Crippen LogP contribution in [-0.2, 0) is 13.1 Å². The van der Waals surface area contributed by atoms with Crippen molar-refractivity contribution in [3.8, 4) is 0 Å². The largest absolute Gasteiger partial charge is 0.404 e. The molecule has 160 valence electrons. The molecule has 0 aromatic heterocycles. The molecular formula is C24H33N5S. The Balaban J connectivity index is 1.45. The van der Waals surface area contributed by atoms with Crippen LogP contribution in [0.1, 0.15) is 37.8 Å². The lowest BCUT2D eigenvalue weighted by atomic mass is 10.1. The minimum atomic E-state index is 0.379. The SMILES string of the molecule is C/C(=C\N1C=C(C2CC2)C=CC1C)CN=CC(=CN)SNCc1ccc(CN)cc1. The lowest BCUT2D eigenvalue weighted by Gasteiger charge is -2.27. The fourth-order valence-electron chi connectivity index (χ4n) is 3.17. The van der Waals surface area contributed by atoms with Crippen LogP contribution < -0.4 is 16.2 Å². The highest BCUT2D eigenvalue weighted by Gasteiger charge is 2.26. The van der Waals surface area contributed by atoms with Crippen molar-refractivity contribution in [2.24, 2.45) is 22.4 Å². The zero-order valence-electron chi connectivity index (χ0n) is 17.9. The maximum Gasteiger partial charge on any atom is 0.0614 e. The normalized spacial score (nSPS) is 20.2. The number of nitrogens with two attached hydrogens (primary N) is 2. The minimum Gasteiger partial charge on any atom is -0.404 e. The van der Waals surface area contributed by atoms with Gasteiger partial charge in [0.15, 0.2) is 0 Å². The predicted molar refractivity (Wildman–Crippen MR) is 129 cm³/mol. The molecule has 1 atom stereocenters. The summed E-state index contributed by atoms with van der Waals surface area (Å²) in [7, 11) is 0. The highest BCUT2D eigenvalue weighted by Crippen LogP contribution is 2.38. The molecule has 6 heteroatoms. The third-order valence-electron chi connectivity index (χ3n) is 5.20. The Morgan fingerprint density at radius 2 is 2.00 bits per heavy atom. The summed E-state index contributed by atoms with van der Waals surface area (Å²) in [4.78, 5) is 7.76. The van der Waals surface area contributed by atoms with Gasteiger partial charge in [-0.05, 0) is 66.8 Å². The Labute approximate surface area is 184 Å². The first-order valence-corrected chi connectivity index (χ1v) is 11.3. The van der Waals surface area contributed by atoms with Gasteiger partial charge in [-0.2, -0.15) is 0 Å². The standard InChI is InChI=1S/C24H33N5S/c1-18(16-29-17-23(22-9-10-22)8-3-19(29)2)13-27-15-24(12-26)30-28-14-21-6-4-20(11-25)5-7-21/h3-8,12,15-17,19,22,28H,9-11,13-14,25-26H2,1-2H3/b18-16+,24-12?,27-15?. The predicted octanol–water partition coefficient (Wildman–Crippen LogP) is 4.21. The van der Waals surface area contributed by atoms with E-state index in [4.69, 9.17) is 11.5 Å². The van der Waals surface area contributed by atoms with Crippen LogP contribution in [0, 0.1) is 5.92 Å². The van der Waals surface area contributed by atoms with Crippen LogP contribution >= 0.6 is 11.9 Å². The molecule has 0 amide bonds. The van der Waals surface area contributed by atoms with Crippen molar-refractivity contribution < 1.29 is 0 Å². The number of benzene rings is 1. The van der Waals surface area contributed by atoms with Crippen LogP contribution in [0.3, 0.4) is 0 Å². The van der Waals surface area contributed by atoms with Gasteiger partial charge in [0, 0.05) is 43.9 Å². The van der Waals surface area contributed by atoms with E-state index in [0.29, 0.717) is 19.1 Å². The maximum atomic E-state index is 5.76. The van der Waals surface area contributed by atoms with Gasteiger partial charge in [-0.1, -0.05) is 36.4 Å². The van der Waals surface area contributed by atoms with Crippen LogP contribution in [0.2, 0.25) is 0 Å². The van der Waals surface area contributed by atoms with E-state index in [9.17, 15) is 0 Å². The molecule has 1 saturated carbocycles. The molecule has 1 aromatic rings. The minimum absolute atomic E-state index is 0.379. The highest BCUT2D eigenvalue weighted by atomic mass is 32.2. The number of allylic oxidation sites excluding steroid dienone is 3. The van der Waals surface area contributed by atoms with Crippen LogP contribution in [0.5, 0.6) is 0 Å². The molecule has 3 rings (SSSR count). The number of hydrogen-bond donors (Lipinski definition) is 3. The first-order valence-electron chi connectivity index (χ1n) is 10.5. The topological polar surface area (TPSA) is 79.7 Å². The fraction of sp³-hybridized carbons (Fsp3) is 0.375. The van der Waals surface area contributed by atoms with Gasteiger partial charge in [0.2, 0.25) is 0 Å². The monoisotopic (exact) mass is 423 g/mol. The average Bonchev–Trinajstić information content (AvgIpc) is 3.60. The van der Waals surface area contributed by atoms with Crippen molar-refractivity contribution in [2.45, 2.75) is 45.8 Å². The zero-order valence-corrected chi connectivity index (χ0v) is 18.7. The molecular weight excluding hydrogens is 390 g/mol. The van der Waals surface area contributed by atoms with Crippen LogP contribution in [0.25, 0.3) is 0 Å². The van der Waals surface area contributed by atoms with E-state index in [1.54, 1.807) is 6.20 Å². The van der Waals surface area contributed by atoms with E-state index < -0.39 is 0 Å². The summed E-state index contributed by atoms with van der Waals surface area (Å²) in [6.07, 6.45) is 15.1. The van der Waals surface area contributed by atoms with Gasteiger partial charge in [0.1, 0.15) is 0 Å². The van der Waals surface area contributed by atoms with Gasteiger partial charge >= 0.3 is 0 Å². The number of hydrogen-bond acceptors (Lipinski definition) is 6. The smallest absolute Gasteiger partial charge is 0.0614 e. The summed E-state index contributed by atoms with van der Waals surface area (Å²) < 4.78 is 3.33. The van der Waals surface area contributed by atoms with Crippen molar-refractivity contribution in [3.63, 3.8) is 0 Å². The summed E-state index contributed by atoms with van der Waals surface area (Å²) in [5.74, 6) is 0.767. The summed E-state index contributed by atoms with van der Waals surface area (Å²) in [5, 5.41) is 0. The number of rotatable bonds is 10. The molecule has 1 heterocycles. The molecule has 2 aliphatic rings. The molecule has 5 nitrogen and oxygen atoms in total. The molecule has 1 aliphatic heterocycles. The zero-order chi connectivity index (χ0) is 21.3. The van der Waals surface area contributed by atoms with Gasteiger partial charge in [-0.15, -0.1) is 0 Å². The van der Waals surface area contributed by atoms with Gasteiger partial charge in [0.05, 0.1) is 11.4 Å². The van der Waals surface area contributed by atoms with Crippen LogP contribution in [0.15, 0.2) is 76.1 Å². The molecule has 0 radical (unpaired) electrons. The molecule has 0 spiro atoms. The lowest BCUT2D eigenvalue weighted by molar-refractivity contribution is 0.437. The molecule has 0 saturated heterocycles. The van der Waals surface area contributed by atoms with E-state index in [2.05, 4.69) is 77.3 Å². The average molecular weight is 424 g/mol. The molecule has 1 aliphatic carbocycles. The van der Waals surface area contributed by atoms with Crippen molar-refractivity contribution in [1.29, 1.82) is 0 Å². The van der Waals surface area contributed by atoms with Crippen molar-refractivity contribution >= 4 is 18.2 Å². The Morgan fingerprint density at radius 3 is 2.67 bits per heavy atom. The fourth-order valence-corrected chi connectivity index (χ4v) is 3.77. The molecule has 1 unspecified atom stereocenters. The lowest BCUT2D eigenvalue weighted by Crippen LogP contribution is -2.24. The second kappa shape index (κ2) is 11.2. The van der Waals surface area contributed by atoms with Crippen molar-refractivity contribution in [3.05, 3.63) is 82.2 Å². The number of aliphatic imine (C=N–C) groups is 1. The summed E-state index contributed by atoms with van der Waals surface area (Å²) in [6, 6.07) is 8.66. The van der Waals surface area contributed by atoms with Gasteiger partial charge in [-0.3, -0.25) is 9.71 Å². The van der Waals surface area contributed by atoms with Crippen molar-refractivity contribution in [2.75, 3.05) is 6.54 Å². The van der Waals surface area contributed by atoms with Gasteiger partial charge in [-0.25, -0.2) is 0 Å². The number of nitrogens with zero attached hydrogens (tertiary/aromatic N) is 2. The molecule has 1 aromatic carbocycles. The second-order valence-corrected chi connectivity index (χ2v) is 8.87. The summed E-state index contributed by atoms with van der Waals surface area (Å²) in [5.41, 5.74) is 16.4. The Morgan fingerprint density at radius 1 is 1.27 bits per heavy atom. The molecule has 0 bridgehead atoms. The van der Waals surface area contributed by atoms with Crippen LogP contribution in [0.4, 0.5) is 0 Å². The third-order valence-corrected chi connectivity index (χ3v) is 5.97. The number of nitrogens with one attached hydrogen (secondary N) is 1. The van der Waals surface area contributed by atoms with Crippen molar-refractivity contribution in [1.82, 2.24) is 9.62 Å². The Bertz CT molecular complexity index is 847. The quantitative estimate of drug-likeness (QED) is 0.388. The Hall–Kier alpha value is -2.28. The maximum absolute atomic E-state index is 5.76. The van der Waals surface area contributed by atoms with Gasteiger partial charge in [0.25, 0.3) is 0 Å². The first kappa shape index (κ1) is 22.4. The second-order valence-electron chi connectivity index (χ2n) is 7.91. The van der Waals surface area contributed by atoms with E-state index >= 15 is 0 Å². The highest BCUT2D eigenvalue weighted by molar-refractivity contribution is 8.02. The van der Waals surface area contributed by atoms with E-state index in [1.807, 2.05) is 6.21 Å². The molecule has 5 N–H and O–H groups in total. The summed E-state index contributed by atoms with van der Waals surface area (Å²) >= 11 is 1.49. The molecule has 1 fully saturated rings.